The van der Waals surface area contributed by atoms with Gasteiger partial charge in [-0.1, -0.05) is 0 Å². The van der Waals surface area contributed by atoms with E-state index in [4.69, 9.17) is 0 Å². The SMILES string of the molecule is O=C1CCCN1C[C@H]1CCCCN1C(=O)C12CC3CC(CC(C3)C1)C2. The molecule has 0 unspecified atom stereocenters. The summed E-state index contributed by atoms with van der Waals surface area (Å²) in [7, 11) is 0. The summed E-state index contributed by atoms with van der Waals surface area (Å²) in [5, 5.41) is 0. The molecule has 25 heavy (non-hydrogen) atoms. The Labute approximate surface area is 151 Å². The molecule has 1 atom stereocenters. The molecule has 6 aliphatic rings. The van der Waals surface area contributed by atoms with Crippen LogP contribution >= 0.6 is 0 Å². The Morgan fingerprint density at radius 1 is 0.960 bits per heavy atom. The summed E-state index contributed by atoms with van der Waals surface area (Å²) >= 11 is 0. The molecule has 2 amide bonds. The van der Waals surface area contributed by atoms with Crippen LogP contribution in [0.25, 0.3) is 0 Å². The van der Waals surface area contributed by atoms with E-state index in [-0.39, 0.29) is 11.5 Å². The summed E-state index contributed by atoms with van der Waals surface area (Å²) in [6.07, 6.45) is 12.8. The first-order valence-corrected chi connectivity index (χ1v) is 10.7. The highest BCUT2D eigenvalue weighted by Crippen LogP contribution is 2.60. The van der Waals surface area contributed by atoms with Gasteiger partial charge in [0.25, 0.3) is 0 Å². The molecule has 4 saturated carbocycles. The normalized spacial score (nSPS) is 43.1. The van der Waals surface area contributed by atoms with Gasteiger partial charge in [0.1, 0.15) is 0 Å². The van der Waals surface area contributed by atoms with E-state index in [0.29, 0.717) is 18.2 Å². The van der Waals surface area contributed by atoms with Gasteiger partial charge in [-0.15, -0.1) is 0 Å². The van der Waals surface area contributed by atoms with Crippen molar-refractivity contribution in [2.45, 2.75) is 76.7 Å². The van der Waals surface area contributed by atoms with E-state index in [1.54, 1.807) is 0 Å². The molecule has 4 bridgehead atoms. The van der Waals surface area contributed by atoms with Gasteiger partial charge >= 0.3 is 0 Å². The highest BCUT2D eigenvalue weighted by molar-refractivity contribution is 5.84. The minimum atomic E-state index is -0.0284. The first-order valence-electron chi connectivity index (χ1n) is 10.7. The maximum absolute atomic E-state index is 13.7. The minimum absolute atomic E-state index is 0.0284. The van der Waals surface area contributed by atoms with Crippen LogP contribution < -0.4 is 0 Å². The summed E-state index contributed by atoms with van der Waals surface area (Å²) < 4.78 is 0. The molecule has 4 heteroatoms. The van der Waals surface area contributed by atoms with E-state index in [1.807, 2.05) is 4.90 Å². The second-order valence-electron chi connectivity index (χ2n) is 9.79. The fourth-order valence-corrected chi connectivity index (χ4v) is 7.29. The first-order chi connectivity index (χ1) is 12.1. The highest BCUT2D eigenvalue weighted by atomic mass is 16.2. The standard InChI is InChI=1S/C21H32N2O2/c24-19-5-3-6-22(19)14-18-4-1-2-7-23(18)20(25)21-11-15-8-16(12-21)10-17(9-15)13-21/h15-18H,1-14H2/t15?,16?,17?,18-,21?/m1/s1. The minimum Gasteiger partial charge on any atom is -0.341 e. The molecule has 0 aromatic carbocycles. The van der Waals surface area contributed by atoms with E-state index in [0.717, 1.165) is 75.9 Å². The molecule has 4 nitrogen and oxygen atoms in total. The molecule has 0 spiro atoms. The monoisotopic (exact) mass is 344 g/mol. The Balaban J connectivity index is 1.35. The predicted molar refractivity (Wildman–Crippen MR) is 95.8 cm³/mol. The van der Waals surface area contributed by atoms with E-state index < -0.39 is 0 Å². The van der Waals surface area contributed by atoms with Crippen LogP contribution in [0.1, 0.15) is 70.6 Å². The van der Waals surface area contributed by atoms with Crippen molar-refractivity contribution < 1.29 is 9.59 Å². The Morgan fingerprint density at radius 3 is 2.24 bits per heavy atom. The zero-order valence-electron chi connectivity index (χ0n) is 15.4. The fraction of sp³-hybridized carbons (Fsp3) is 0.905. The van der Waals surface area contributed by atoms with Gasteiger partial charge in [0.2, 0.25) is 11.8 Å². The van der Waals surface area contributed by atoms with E-state index in [9.17, 15) is 9.59 Å². The van der Waals surface area contributed by atoms with E-state index in [2.05, 4.69) is 4.90 Å². The third-order valence-electron chi connectivity index (χ3n) is 7.98. The molecule has 2 aliphatic heterocycles. The van der Waals surface area contributed by atoms with Gasteiger partial charge in [-0.3, -0.25) is 9.59 Å². The fourth-order valence-electron chi connectivity index (χ4n) is 7.29. The molecule has 6 fully saturated rings. The lowest BCUT2D eigenvalue weighted by Crippen LogP contribution is -2.59. The summed E-state index contributed by atoms with van der Waals surface area (Å²) in [4.78, 5) is 30.1. The van der Waals surface area contributed by atoms with Crippen molar-refractivity contribution in [3.8, 4) is 0 Å². The van der Waals surface area contributed by atoms with Crippen molar-refractivity contribution in [3.05, 3.63) is 0 Å². The molecule has 0 N–H and O–H groups in total. The molecule has 0 radical (unpaired) electrons. The van der Waals surface area contributed by atoms with Gasteiger partial charge in [0, 0.05) is 32.1 Å². The van der Waals surface area contributed by atoms with Crippen molar-refractivity contribution in [2.75, 3.05) is 19.6 Å². The van der Waals surface area contributed by atoms with Gasteiger partial charge in [-0.05, 0) is 82.0 Å². The Morgan fingerprint density at radius 2 is 1.64 bits per heavy atom. The van der Waals surface area contributed by atoms with Crippen LogP contribution in [0.3, 0.4) is 0 Å². The van der Waals surface area contributed by atoms with Crippen molar-refractivity contribution in [3.63, 3.8) is 0 Å². The Bertz CT molecular complexity index is 537. The van der Waals surface area contributed by atoms with Crippen molar-refractivity contribution in [1.29, 1.82) is 0 Å². The number of rotatable bonds is 3. The van der Waals surface area contributed by atoms with Crippen LogP contribution in [0, 0.1) is 23.2 Å². The van der Waals surface area contributed by atoms with Crippen LogP contribution in [0.15, 0.2) is 0 Å². The van der Waals surface area contributed by atoms with Gasteiger partial charge in [-0.2, -0.15) is 0 Å². The van der Waals surface area contributed by atoms with Crippen molar-refractivity contribution >= 4 is 11.8 Å². The molecule has 0 aromatic rings. The second kappa shape index (κ2) is 5.99. The number of amides is 2. The first kappa shape index (κ1) is 16.1. The smallest absolute Gasteiger partial charge is 0.229 e. The molecule has 138 valence electrons. The van der Waals surface area contributed by atoms with Crippen LogP contribution in [0.2, 0.25) is 0 Å². The summed E-state index contributed by atoms with van der Waals surface area (Å²) in [6.45, 7) is 2.61. The lowest BCUT2D eigenvalue weighted by Gasteiger charge is -2.57. The average Bonchev–Trinajstić information content (AvgIpc) is 2.98. The summed E-state index contributed by atoms with van der Waals surface area (Å²) in [5.41, 5.74) is -0.0284. The third-order valence-corrected chi connectivity index (χ3v) is 7.98. The zero-order valence-corrected chi connectivity index (χ0v) is 15.4. The molecule has 6 rings (SSSR count). The van der Waals surface area contributed by atoms with Gasteiger partial charge in [-0.25, -0.2) is 0 Å². The number of carbonyl (C=O) groups is 2. The largest absolute Gasteiger partial charge is 0.341 e. The molecular formula is C21H32N2O2. The number of piperidine rings is 1. The molecule has 2 saturated heterocycles. The maximum atomic E-state index is 13.7. The number of likely N-dealkylation sites (tertiary alicyclic amines) is 2. The van der Waals surface area contributed by atoms with Crippen molar-refractivity contribution in [2.24, 2.45) is 23.2 Å². The number of nitrogens with zero attached hydrogens (tertiary/aromatic N) is 2. The summed E-state index contributed by atoms with van der Waals surface area (Å²) in [5.74, 6) is 3.23. The average molecular weight is 344 g/mol. The molecule has 2 heterocycles. The number of hydrogen-bond acceptors (Lipinski definition) is 2. The predicted octanol–water partition coefficient (Wildman–Crippen LogP) is 3.21. The van der Waals surface area contributed by atoms with Crippen molar-refractivity contribution in [1.82, 2.24) is 9.80 Å². The number of hydrogen-bond donors (Lipinski definition) is 0. The van der Waals surface area contributed by atoms with Crippen LogP contribution in [0.5, 0.6) is 0 Å². The number of carbonyl (C=O) groups excluding carboxylic acids is 2. The van der Waals surface area contributed by atoms with E-state index in [1.165, 1.54) is 25.7 Å². The summed E-state index contributed by atoms with van der Waals surface area (Å²) in [6, 6.07) is 0.274. The maximum Gasteiger partial charge on any atom is 0.229 e. The van der Waals surface area contributed by atoms with Gasteiger partial charge < -0.3 is 9.80 Å². The second-order valence-corrected chi connectivity index (χ2v) is 9.79. The van der Waals surface area contributed by atoms with E-state index >= 15 is 0 Å². The molecule has 4 aliphatic carbocycles. The van der Waals surface area contributed by atoms with Crippen LogP contribution in [-0.2, 0) is 9.59 Å². The highest BCUT2D eigenvalue weighted by Gasteiger charge is 2.56. The lowest BCUT2D eigenvalue weighted by atomic mass is 9.49. The molecular weight excluding hydrogens is 312 g/mol. The van der Waals surface area contributed by atoms with Crippen LogP contribution in [-0.4, -0.2) is 47.3 Å². The Hall–Kier alpha value is -1.06. The van der Waals surface area contributed by atoms with Crippen LogP contribution in [0.4, 0.5) is 0 Å². The third kappa shape index (κ3) is 2.71. The van der Waals surface area contributed by atoms with Gasteiger partial charge in [0.15, 0.2) is 0 Å². The van der Waals surface area contributed by atoms with Gasteiger partial charge in [0.05, 0.1) is 5.41 Å². The lowest BCUT2D eigenvalue weighted by molar-refractivity contribution is -0.162. The topological polar surface area (TPSA) is 40.6 Å². The zero-order chi connectivity index (χ0) is 17.0. The molecule has 0 aromatic heterocycles. The quantitative estimate of drug-likeness (QED) is 0.789. The Kier molecular flexibility index (Phi) is 3.87.